The van der Waals surface area contributed by atoms with Crippen LogP contribution in [0.1, 0.15) is 19.4 Å². The SMILES string of the molecule is CCOc1ccc(C=C2SC(=Nc3ccc(F)cc3)NC2=O)cc1OCC. The van der Waals surface area contributed by atoms with Crippen molar-refractivity contribution in [3.05, 3.63) is 58.8 Å². The van der Waals surface area contributed by atoms with Gasteiger partial charge in [-0.3, -0.25) is 4.79 Å². The summed E-state index contributed by atoms with van der Waals surface area (Å²) in [5, 5.41) is 3.17. The number of hydrogen-bond donors (Lipinski definition) is 1. The highest BCUT2D eigenvalue weighted by molar-refractivity contribution is 8.18. The lowest BCUT2D eigenvalue weighted by Gasteiger charge is -2.11. The fourth-order valence-corrected chi connectivity index (χ4v) is 3.26. The van der Waals surface area contributed by atoms with Crippen LogP contribution in [0.5, 0.6) is 11.5 Å². The number of aliphatic imine (C=N–C) groups is 1. The van der Waals surface area contributed by atoms with Gasteiger partial charge in [-0.15, -0.1) is 0 Å². The number of benzene rings is 2. The molecule has 27 heavy (non-hydrogen) atoms. The van der Waals surface area contributed by atoms with Crippen molar-refractivity contribution < 1.29 is 18.7 Å². The largest absolute Gasteiger partial charge is 0.490 e. The molecule has 0 spiro atoms. The van der Waals surface area contributed by atoms with Gasteiger partial charge in [0.1, 0.15) is 5.82 Å². The highest BCUT2D eigenvalue weighted by atomic mass is 32.2. The van der Waals surface area contributed by atoms with Crippen molar-refractivity contribution in [2.24, 2.45) is 4.99 Å². The zero-order valence-electron chi connectivity index (χ0n) is 15.0. The number of nitrogens with zero attached hydrogens (tertiary/aromatic N) is 1. The van der Waals surface area contributed by atoms with Gasteiger partial charge < -0.3 is 14.8 Å². The van der Waals surface area contributed by atoms with E-state index in [-0.39, 0.29) is 11.7 Å². The van der Waals surface area contributed by atoms with Gasteiger partial charge in [-0.25, -0.2) is 9.38 Å². The summed E-state index contributed by atoms with van der Waals surface area (Å²) in [6.45, 7) is 4.87. The summed E-state index contributed by atoms with van der Waals surface area (Å²) in [5.41, 5.74) is 1.39. The maximum atomic E-state index is 13.0. The molecule has 2 aromatic carbocycles. The van der Waals surface area contributed by atoms with Gasteiger partial charge in [0.05, 0.1) is 23.8 Å². The molecular weight excluding hydrogens is 367 g/mol. The van der Waals surface area contributed by atoms with E-state index in [0.29, 0.717) is 40.5 Å². The van der Waals surface area contributed by atoms with Gasteiger partial charge in [0.2, 0.25) is 0 Å². The van der Waals surface area contributed by atoms with Gasteiger partial charge in [0.15, 0.2) is 16.7 Å². The molecule has 1 saturated heterocycles. The van der Waals surface area contributed by atoms with E-state index < -0.39 is 0 Å². The lowest BCUT2D eigenvalue weighted by atomic mass is 10.2. The molecule has 5 nitrogen and oxygen atoms in total. The zero-order chi connectivity index (χ0) is 19.2. The number of amidine groups is 1. The molecule has 0 unspecified atom stereocenters. The van der Waals surface area contributed by atoms with E-state index in [1.54, 1.807) is 18.2 Å². The van der Waals surface area contributed by atoms with Crippen molar-refractivity contribution >= 4 is 34.6 Å². The Morgan fingerprint density at radius 3 is 2.48 bits per heavy atom. The molecular formula is C20H19FN2O3S. The predicted molar refractivity (Wildman–Crippen MR) is 106 cm³/mol. The monoisotopic (exact) mass is 386 g/mol. The first-order chi connectivity index (χ1) is 13.1. The standard InChI is InChI=1S/C20H19FN2O3S/c1-3-25-16-10-5-13(11-17(16)26-4-2)12-18-19(24)23-20(27-18)22-15-8-6-14(21)7-9-15/h5-12H,3-4H2,1-2H3,(H,22,23,24). The van der Waals surface area contributed by atoms with E-state index in [9.17, 15) is 9.18 Å². The van der Waals surface area contributed by atoms with Crippen molar-refractivity contribution in [2.75, 3.05) is 13.2 Å². The van der Waals surface area contributed by atoms with Crippen LogP contribution in [-0.4, -0.2) is 24.3 Å². The van der Waals surface area contributed by atoms with E-state index in [4.69, 9.17) is 9.47 Å². The van der Waals surface area contributed by atoms with Crippen LogP contribution in [0.25, 0.3) is 6.08 Å². The van der Waals surface area contributed by atoms with Crippen LogP contribution in [0, 0.1) is 5.82 Å². The van der Waals surface area contributed by atoms with Crippen molar-refractivity contribution in [1.82, 2.24) is 5.32 Å². The van der Waals surface area contributed by atoms with Gasteiger partial charge in [0, 0.05) is 0 Å². The number of halogens is 1. The Morgan fingerprint density at radius 1 is 1.07 bits per heavy atom. The summed E-state index contributed by atoms with van der Waals surface area (Å²) in [6.07, 6.45) is 1.77. The van der Waals surface area contributed by atoms with Crippen molar-refractivity contribution in [1.29, 1.82) is 0 Å². The van der Waals surface area contributed by atoms with E-state index in [0.717, 1.165) is 5.56 Å². The predicted octanol–water partition coefficient (Wildman–Crippen LogP) is 4.51. The smallest absolute Gasteiger partial charge is 0.264 e. The number of nitrogens with one attached hydrogen (secondary N) is 1. The van der Waals surface area contributed by atoms with Crippen LogP contribution in [-0.2, 0) is 4.79 Å². The molecule has 1 amide bonds. The molecule has 0 bridgehead atoms. The van der Waals surface area contributed by atoms with E-state index in [1.165, 1.54) is 23.9 Å². The lowest BCUT2D eigenvalue weighted by molar-refractivity contribution is -0.115. The normalized spacial score (nSPS) is 16.6. The molecule has 0 aromatic heterocycles. The van der Waals surface area contributed by atoms with Crippen LogP contribution in [0.4, 0.5) is 10.1 Å². The van der Waals surface area contributed by atoms with Gasteiger partial charge in [-0.2, -0.15) is 0 Å². The van der Waals surface area contributed by atoms with E-state index in [1.807, 2.05) is 32.0 Å². The van der Waals surface area contributed by atoms with Crippen LogP contribution < -0.4 is 14.8 Å². The number of ether oxygens (including phenoxy) is 2. The zero-order valence-corrected chi connectivity index (χ0v) is 15.8. The summed E-state index contributed by atoms with van der Waals surface area (Å²) in [6, 6.07) is 11.3. The second kappa shape index (κ2) is 8.73. The molecule has 1 N–H and O–H groups in total. The van der Waals surface area contributed by atoms with Gasteiger partial charge in [-0.05, 0) is 73.6 Å². The number of rotatable bonds is 6. The summed E-state index contributed by atoms with van der Waals surface area (Å²) >= 11 is 1.23. The average Bonchev–Trinajstić information content (AvgIpc) is 2.98. The molecule has 3 rings (SSSR count). The molecule has 7 heteroatoms. The second-order valence-electron chi connectivity index (χ2n) is 5.53. The minimum atomic E-state index is -0.330. The quantitative estimate of drug-likeness (QED) is 0.742. The first kappa shape index (κ1) is 19.0. The first-order valence-electron chi connectivity index (χ1n) is 8.54. The van der Waals surface area contributed by atoms with E-state index >= 15 is 0 Å². The molecule has 2 aromatic rings. The maximum Gasteiger partial charge on any atom is 0.264 e. The Morgan fingerprint density at radius 2 is 1.78 bits per heavy atom. The Bertz CT molecular complexity index is 895. The van der Waals surface area contributed by atoms with Crippen molar-refractivity contribution in [3.8, 4) is 11.5 Å². The van der Waals surface area contributed by atoms with Crippen LogP contribution in [0.2, 0.25) is 0 Å². The number of carbonyl (C=O) groups is 1. The van der Waals surface area contributed by atoms with Crippen LogP contribution in [0.15, 0.2) is 52.4 Å². The molecule has 1 aliphatic heterocycles. The highest BCUT2D eigenvalue weighted by Crippen LogP contribution is 2.32. The third kappa shape index (κ3) is 4.89. The van der Waals surface area contributed by atoms with Gasteiger partial charge in [-0.1, -0.05) is 6.07 Å². The molecule has 0 atom stereocenters. The van der Waals surface area contributed by atoms with Crippen LogP contribution >= 0.6 is 11.8 Å². The highest BCUT2D eigenvalue weighted by Gasteiger charge is 2.24. The van der Waals surface area contributed by atoms with Crippen LogP contribution in [0.3, 0.4) is 0 Å². The fourth-order valence-electron chi connectivity index (χ4n) is 2.42. The molecule has 0 saturated carbocycles. The minimum absolute atomic E-state index is 0.229. The fraction of sp³-hybridized carbons (Fsp3) is 0.200. The molecule has 0 aliphatic carbocycles. The van der Waals surface area contributed by atoms with Crippen molar-refractivity contribution in [3.63, 3.8) is 0 Å². The Labute approximate surface area is 161 Å². The van der Waals surface area contributed by atoms with Gasteiger partial charge in [0.25, 0.3) is 5.91 Å². The Hall–Kier alpha value is -2.80. The second-order valence-corrected chi connectivity index (χ2v) is 6.56. The molecule has 1 heterocycles. The topological polar surface area (TPSA) is 59.9 Å². The molecule has 1 aliphatic rings. The average molecular weight is 386 g/mol. The Balaban J connectivity index is 1.81. The van der Waals surface area contributed by atoms with Crippen molar-refractivity contribution in [2.45, 2.75) is 13.8 Å². The molecule has 0 radical (unpaired) electrons. The van der Waals surface area contributed by atoms with Gasteiger partial charge >= 0.3 is 0 Å². The number of amides is 1. The molecule has 1 fully saturated rings. The third-order valence-corrected chi connectivity index (χ3v) is 4.48. The lowest BCUT2D eigenvalue weighted by Crippen LogP contribution is -2.19. The summed E-state index contributed by atoms with van der Waals surface area (Å²) in [4.78, 5) is 17.1. The number of carbonyl (C=O) groups excluding carboxylic acids is 1. The third-order valence-electron chi connectivity index (χ3n) is 3.57. The summed E-state index contributed by atoms with van der Waals surface area (Å²) in [5.74, 6) is 0.747. The summed E-state index contributed by atoms with van der Waals surface area (Å²) < 4.78 is 24.1. The van der Waals surface area contributed by atoms with E-state index in [2.05, 4.69) is 10.3 Å². The maximum absolute atomic E-state index is 13.0. The molecule has 140 valence electrons. The number of hydrogen-bond acceptors (Lipinski definition) is 5. The number of thioether (sulfide) groups is 1. The minimum Gasteiger partial charge on any atom is -0.490 e. The first-order valence-corrected chi connectivity index (χ1v) is 9.35. The Kier molecular flexibility index (Phi) is 6.13. The summed E-state index contributed by atoms with van der Waals surface area (Å²) in [7, 11) is 0.